The van der Waals surface area contributed by atoms with E-state index in [4.69, 9.17) is 15.1 Å². The van der Waals surface area contributed by atoms with Gasteiger partial charge in [0, 0.05) is 12.2 Å². The predicted octanol–water partition coefficient (Wildman–Crippen LogP) is 1.57. The summed E-state index contributed by atoms with van der Waals surface area (Å²) in [5, 5.41) is 23.6. The maximum atomic E-state index is 12.2. The van der Waals surface area contributed by atoms with Gasteiger partial charge in [-0.25, -0.2) is 4.79 Å². The number of aliphatic hydroxyl groups excluding tert-OH is 1. The topological polar surface area (TPSA) is 111 Å². The number of anilines is 1. The van der Waals surface area contributed by atoms with Gasteiger partial charge in [0.2, 0.25) is 0 Å². The van der Waals surface area contributed by atoms with Gasteiger partial charge in [0.15, 0.2) is 0 Å². The molecule has 7 heteroatoms. The summed E-state index contributed by atoms with van der Waals surface area (Å²) in [6.45, 7) is 3.66. The fraction of sp³-hybridized carbons (Fsp3) is 0.353. The largest absolute Gasteiger partial charge is 0.462 e. The molecule has 0 radical (unpaired) electrons. The number of hydrogen-bond acceptors (Lipinski definition) is 6. The number of aliphatic hydroxyl groups is 1. The summed E-state index contributed by atoms with van der Waals surface area (Å²) in [6, 6.07) is 7.93. The van der Waals surface area contributed by atoms with Crippen LogP contribution in [-0.4, -0.2) is 36.2 Å². The highest BCUT2D eigenvalue weighted by molar-refractivity contribution is 6.09. The molecule has 1 aromatic rings. The molecular weight excluding hydrogens is 310 g/mol. The molecule has 0 heterocycles. The Morgan fingerprint density at radius 2 is 2.08 bits per heavy atom. The van der Waals surface area contributed by atoms with Crippen LogP contribution in [0.5, 0.6) is 0 Å². The quantitative estimate of drug-likeness (QED) is 0.379. The van der Waals surface area contributed by atoms with E-state index in [1.807, 2.05) is 6.92 Å². The molecule has 24 heavy (non-hydrogen) atoms. The molecule has 0 spiro atoms. The first-order valence-electron chi connectivity index (χ1n) is 7.61. The van der Waals surface area contributed by atoms with E-state index in [1.165, 1.54) is 12.3 Å². The van der Waals surface area contributed by atoms with E-state index in [1.54, 1.807) is 31.2 Å². The number of nitriles is 1. The molecule has 0 aromatic heterocycles. The van der Waals surface area contributed by atoms with Gasteiger partial charge in [0.1, 0.15) is 11.6 Å². The summed E-state index contributed by atoms with van der Waals surface area (Å²) < 4.78 is 4.94. The lowest BCUT2D eigenvalue weighted by Crippen LogP contribution is -2.28. The zero-order valence-electron chi connectivity index (χ0n) is 13.7. The van der Waals surface area contributed by atoms with Gasteiger partial charge in [-0.05, 0) is 25.5 Å². The van der Waals surface area contributed by atoms with Crippen molar-refractivity contribution in [3.8, 4) is 6.07 Å². The van der Waals surface area contributed by atoms with Gasteiger partial charge in [0.25, 0.3) is 5.91 Å². The second-order valence-corrected chi connectivity index (χ2v) is 4.84. The average Bonchev–Trinajstić information content (AvgIpc) is 2.59. The minimum Gasteiger partial charge on any atom is -0.462 e. The zero-order valence-corrected chi connectivity index (χ0v) is 13.7. The molecule has 1 amide bonds. The molecule has 0 aliphatic heterocycles. The lowest BCUT2D eigenvalue weighted by atomic mass is 10.1. The number of ether oxygens (including phenoxy) is 1. The monoisotopic (exact) mass is 331 g/mol. The summed E-state index contributed by atoms with van der Waals surface area (Å²) in [6.07, 6.45) is 1.89. The number of carbonyl (C=O) groups excluding carboxylic acids is 2. The minimum atomic E-state index is -0.658. The highest BCUT2D eigenvalue weighted by atomic mass is 16.5. The van der Waals surface area contributed by atoms with E-state index in [9.17, 15) is 9.59 Å². The SMILES string of the molecule is CCOC(=O)c1ccccc1NC(=O)/C(C#N)=C\NC(CC)CO. The first-order valence-corrected chi connectivity index (χ1v) is 7.61. The van der Waals surface area contributed by atoms with Crippen molar-refractivity contribution in [2.45, 2.75) is 26.3 Å². The van der Waals surface area contributed by atoms with Gasteiger partial charge in [-0.3, -0.25) is 4.79 Å². The van der Waals surface area contributed by atoms with Crippen LogP contribution in [0.1, 0.15) is 30.6 Å². The second-order valence-electron chi connectivity index (χ2n) is 4.84. The molecule has 0 saturated carbocycles. The van der Waals surface area contributed by atoms with Gasteiger partial charge in [0.05, 0.1) is 24.5 Å². The molecule has 3 N–H and O–H groups in total. The number of benzene rings is 1. The van der Waals surface area contributed by atoms with Crippen molar-refractivity contribution in [1.82, 2.24) is 5.32 Å². The van der Waals surface area contributed by atoms with Crippen molar-refractivity contribution in [1.29, 1.82) is 5.26 Å². The Morgan fingerprint density at radius 3 is 2.67 bits per heavy atom. The van der Waals surface area contributed by atoms with Crippen molar-refractivity contribution >= 4 is 17.6 Å². The van der Waals surface area contributed by atoms with Crippen molar-refractivity contribution in [2.75, 3.05) is 18.5 Å². The molecule has 0 fully saturated rings. The van der Waals surface area contributed by atoms with Gasteiger partial charge in [-0.15, -0.1) is 0 Å². The van der Waals surface area contributed by atoms with Crippen LogP contribution < -0.4 is 10.6 Å². The Morgan fingerprint density at radius 1 is 1.38 bits per heavy atom. The third kappa shape index (κ3) is 5.41. The molecule has 1 atom stereocenters. The third-order valence-corrected chi connectivity index (χ3v) is 3.21. The van der Waals surface area contributed by atoms with Crippen molar-refractivity contribution in [3.05, 3.63) is 41.6 Å². The normalized spacial score (nSPS) is 12.0. The van der Waals surface area contributed by atoms with E-state index in [2.05, 4.69) is 10.6 Å². The molecule has 7 nitrogen and oxygen atoms in total. The number of amides is 1. The Bertz CT molecular complexity index is 645. The van der Waals surface area contributed by atoms with E-state index < -0.39 is 11.9 Å². The number of para-hydroxylation sites is 1. The molecule has 0 bridgehead atoms. The lowest BCUT2D eigenvalue weighted by molar-refractivity contribution is -0.112. The number of nitrogens with zero attached hydrogens (tertiary/aromatic N) is 1. The summed E-state index contributed by atoms with van der Waals surface area (Å²) in [4.78, 5) is 24.1. The number of nitrogens with one attached hydrogen (secondary N) is 2. The van der Waals surface area contributed by atoms with Crippen LogP contribution in [0.4, 0.5) is 5.69 Å². The van der Waals surface area contributed by atoms with Gasteiger partial charge in [-0.2, -0.15) is 5.26 Å². The highest BCUT2D eigenvalue weighted by Gasteiger charge is 2.16. The van der Waals surface area contributed by atoms with Gasteiger partial charge in [-0.1, -0.05) is 19.1 Å². The molecular formula is C17H21N3O4. The maximum Gasteiger partial charge on any atom is 0.340 e. The molecule has 128 valence electrons. The van der Waals surface area contributed by atoms with E-state index in [-0.39, 0.29) is 36.1 Å². The first-order chi connectivity index (χ1) is 11.6. The summed E-state index contributed by atoms with van der Waals surface area (Å²) >= 11 is 0. The van der Waals surface area contributed by atoms with Crippen molar-refractivity contribution in [2.24, 2.45) is 0 Å². The third-order valence-electron chi connectivity index (χ3n) is 3.21. The zero-order chi connectivity index (χ0) is 17.9. The van der Waals surface area contributed by atoms with Crippen LogP contribution in [-0.2, 0) is 9.53 Å². The molecule has 1 aromatic carbocycles. The van der Waals surface area contributed by atoms with Crippen LogP contribution in [0.25, 0.3) is 0 Å². The lowest BCUT2D eigenvalue weighted by Gasteiger charge is -2.12. The van der Waals surface area contributed by atoms with E-state index >= 15 is 0 Å². The number of hydrogen-bond donors (Lipinski definition) is 3. The molecule has 0 aliphatic rings. The first kappa shape index (κ1) is 19.2. The average molecular weight is 331 g/mol. The fourth-order valence-electron chi connectivity index (χ4n) is 1.82. The number of rotatable bonds is 8. The Labute approximate surface area is 140 Å². The van der Waals surface area contributed by atoms with E-state index in [0.29, 0.717) is 6.42 Å². The van der Waals surface area contributed by atoms with Crippen LogP contribution in [0.2, 0.25) is 0 Å². The van der Waals surface area contributed by atoms with Crippen LogP contribution in [0.15, 0.2) is 36.0 Å². The summed E-state index contributed by atoms with van der Waals surface area (Å²) in [5.74, 6) is -1.21. The standard InChI is InChI=1S/C17H21N3O4/c1-3-13(11-21)19-10-12(9-18)16(22)20-15-8-6-5-7-14(15)17(23)24-4-2/h5-8,10,13,19,21H,3-4,11H2,1-2H3,(H,20,22)/b12-10-. The predicted molar refractivity (Wildman–Crippen MR) is 89.0 cm³/mol. The van der Waals surface area contributed by atoms with Crippen LogP contribution in [0.3, 0.4) is 0 Å². The highest BCUT2D eigenvalue weighted by Crippen LogP contribution is 2.17. The Hall–Kier alpha value is -2.85. The Balaban J connectivity index is 2.92. The van der Waals surface area contributed by atoms with Crippen LogP contribution >= 0.6 is 0 Å². The molecule has 0 aliphatic carbocycles. The Kier molecular flexibility index (Phi) is 8.02. The smallest absolute Gasteiger partial charge is 0.340 e. The molecule has 0 saturated heterocycles. The van der Waals surface area contributed by atoms with Gasteiger partial charge >= 0.3 is 5.97 Å². The maximum absolute atomic E-state index is 12.2. The van der Waals surface area contributed by atoms with E-state index in [0.717, 1.165) is 0 Å². The minimum absolute atomic E-state index is 0.112. The fourth-order valence-corrected chi connectivity index (χ4v) is 1.82. The van der Waals surface area contributed by atoms with Gasteiger partial charge < -0.3 is 20.5 Å². The molecule has 1 rings (SSSR count). The van der Waals surface area contributed by atoms with Crippen LogP contribution in [0, 0.1) is 11.3 Å². The number of carbonyl (C=O) groups is 2. The number of esters is 1. The molecule has 1 unspecified atom stereocenters. The summed E-state index contributed by atoms with van der Waals surface area (Å²) in [7, 11) is 0. The van der Waals surface area contributed by atoms with Crippen molar-refractivity contribution in [3.63, 3.8) is 0 Å². The van der Waals surface area contributed by atoms with Crippen molar-refractivity contribution < 1.29 is 19.4 Å². The second kappa shape index (κ2) is 10.0. The summed E-state index contributed by atoms with van der Waals surface area (Å²) in [5.41, 5.74) is 0.302.